The van der Waals surface area contributed by atoms with Crippen LogP contribution in [0, 0.1) is 0 Å². The van der Waals surface area contributed by atoms with Gasteiger partial charge in [0, 0.05) is 18.8 Å². The average molecular weight is 209 g/mol. The fourth-order valence-electron chi connectivity index (χ4n) is 1.00. The first-order chi connectivity index (χ1) is 7.13. The zero-order valence-corrected chi connectivity index (χ0v) is 8.86. The van der Waals surface area contributed by atoms with Gasteiger partial charge in [0.2, 0.25) is 0 Å². The maximum atomic E-state index is 11.1. The molecule has 1 rings (SSSR count). The number of rotatable bonds is 4. The number of pyridine rings is 1. The van der Waals surface area contributed by atoms with Gasteiger partial charge in [0.05, 0.1) is 12.7 Å². The maximum absolute atomic E-state index is 11.1. The molecule has 0 spiro atoms. The van der Waals surface area contributed by atoms with Crippen molar-refractivity contribution >= 4 is 11.8 Å². The predicted molar refractivity (Wildman–Crippen MR) is 57.7 cm³/mol. The van der Waals surface area contributed by atoms with Crippen LogP contribution in [0.3, 0.4) is 0 Å². The zero-order chi connectivity index (χ0) is 11.3. The number of anilines is 1. The monoisotopic (exact) mass is 209 g/mol. The highest BCUT2D eigenvalue weighted by molar-refractivity contribution is 5.89. The van der Waals surface area contributed by atoms with E-state index < -0.39 is 0 Å². The molecule has 82 valence electrons. The molecule has 1 aromatic heterocycles. The molecule has 0 aliphatic carbocycles. The summed E-state index contributed by atoms with van der Waals surface area (Å²) in [5.41, 5.74) is 6.01. The standard InChI is InChI=1S/C10H15N3O2/c1-7(11)5-12-9-4-3-8(6-13-9)10(14)15-2/h3-4,6-7H,5,11H2,1-2H3,(H,12,13). The van der Waals surface area contributed by atoms with E-state index in [0.29, 0.717) is 17.9 Å². The van der Waals surface area contributed by atoms with E-state index in [4.69, 9.17) is 5.73 Å². The molecule has 5 heteroatoms. The molecule has 5 nitrogen and oxygen atoms in total. The van der Waals surface area contributed by atoms with Gasteiger partial charge in [0.15, 0.2) is 0 Å². The largest absolute Gasteiger partial charge is 0.465 e. The first-order valence-electron chi connectivity index (χ1n) is 4.67. The smallest absolute Gasteiger partial charge is 0.339 e. The molecule has 0 aromatic carbocycles. The fourth-order valence-corrected chi connectivity index (χ4v) is 1.00. The lowest BCUT2D eigenvalue weighted by Gasteiger charge is -2.08. The minimum atomic E-state index is -0.388. The Kier molecular flexibility index (Phi) is 4.05. The van der Waals surface area contributed by atoms with Crippen molar-refractivity contribution in [2.24, 2.45) is 5.73 Å². The lowest BCUT2D eigenvalue weighted by molar-refractivity contribution is 0.0600. The van der Waals surface area contributed by atoms with Crippen molar-refractivity contribution in [1.82, 2.24) is 4.98 Å². The predicted octanol–water partition coefficient (Wildman–Crippen LogP) is 0.627. The van der Waals surface area contributed by atoms with Crippen LogP contribution in [0.4, 0.5) is 5.82 Å². The van der Waals surface area contributed by atoms with Gasteiger partial charge in [-0.1, -0.05) is 0 Å². The second kappa shape index (κ2) is 5.31. The molecule has 1 aromatic rings. The zero-order valence-electron chi connectivity index (χ0n) is 8.86. The summed E-state index contributed by atoms with van der Waals surface area (Å²) in [6.07, 6.45) is 1.47. The minimum absolute atomic E-state index is 0.0621. The molecule has 0 saturated carbocycles. The molecule has 1 unspecified atom stereocenters. The van der Waals surface area contributed by atoms with Crippen molar-refractivity contribution in [3.63, 3.8) is 0 Å². The molecule has 1 atom stereocenters. The third kappa shape index (κ3) is 3.55. The third-order valence-electron chi connectivity index (χ3n) is 1.79. The summed E-state index contributed by atoms with van der Waals surface area (Å²) < 4.78 is 4.55. The van der Waals surface area contributed by atoms with Crippen LogP contribution < -0.4 is 11.1 Å². The number of hydrogen-bond acceptors (Lipinski definition) is 5. The number of esters is 1. The highest BCUT2D eigenvalue weighted by atomic mass is 16.5. The van der Waals surface area contributed by atoms with E-state index in [2.05, 4.69) is 15.0 Å². The van der Waals surface area contributed by atoms with Gasteiger partial charge in [-0.05, 0) is 19.1 Å². The molecule has 15 heavy (non-hydrogen) atoms. The van der Waals surface area contributed by atoms with Crippen molar-refractivity contribution in [1.29, 1.82) is 0 Å². The molecule has 3 N–H and O–H groups in total. The molecular formula is C10H15N3O2. The number of carbonyl (C=O) groups is 1. The topological polar surface area (TPSA) is 77.2 Å². The molecule has 1 heterocycles. The van der Waals surface area contributed by atoms with Gasteiger partial charge in [0.25, 0.3) is 0 Å². The van der Waals surface area contributed by atoms with Gasteiger partial charge in [-0.15, -0.1) is 0 Å². The van der Waals surface area contributed by atoms with Gasteiger partial charge >= 0.3 is 5.97 Å². The Bertz CT molecular complexity index is 322. The molecule has 0 radical (unpaired) electrons. The molecular weight excluding hydrogens is 194 g/mol. The number of ether oxygens (including phenoxy) is 1. The highest BCUT2D eigenvalue weighted by Gasteiger charge is 2.05. The SMILES string of the molecule is COC(=O)c1ccc(NCC(C)N)nc1. The van der Waals surface area contributed by atoms with Crippen molar-refractivity contribution in [2.75, 3.05) is 19.0 Å². The Balaban J connectivity index is 2.60. The molecule has 0 amide bonds. The Hall–Kier alpha value is -1.62. The van der Waals surface area contributed by atoms with Crippen LogP contribution >= 0.6 is 0 Å². The van der Waals surface area contributed by atoms with Crippen LogP contribution in [0.25, 0.3) is 0 Å². The van der Waals surface area contributed by atoms with Crippen LogP contribution in [-0.4, -0.2) is 30.6 Å². The Morgan fingerprint density at radius 2 is 2.40 bits per heavy atom. The quantitative estimate of drug-likeness (QED) is 0.711. The average Bonchev–Trinajstić information content (AvgIpc) is 2.26. The van der Waals surface area contributed by atoms with E-state index in [0.717, 1.165) is 0 Å². The second-order valence-corrected chi connectivity index (χ2v) is 3.28. The molecule has 0 aliphatic rings. The molecule has 0 saturated heterocycles. The number of nitrogens with zero attached hydrogens (tertiary/aromatic N) is 1. The van der Waals surface area contributed by atoms with Crippen molar-refractivity contribution in [3.8, 4) is 0 Å². The summed E-state index contributed by atoms with van der Waals surface area (Å²) in [7, 11) is 1.34. The maximum Gasteiger partial charge on any atom is 0.339 e. The third-order valence-corrected chi connectivity index (χ3v) is 1.79. The normalized spacial score (nSPS) is 11.9. The van der Waals surface area contributed by atoms with E-state index in [9.17, 15) is 4.79 Å². The van der Waals surface area contributed by atoms with E-state index in [1.807, 2.05) is 6.92 Å². The first kappa shape index (κ1) is 11.5. The lowest BCUT2D eigenvalue weighted by Crippen LogP contribution is -2.25. The van der Waals surface area contributed by atoms with E-state index in [1.54, 1.807) is 12.1 Å². The number of nitrogens with one attached hydrogen (secondary N) is 1. The molecule has 0 bridgehead atoms. The summed E-state index contributed by atoms with van der Waals surface area (Å²) in [5, 5.41) is 3.04. The van der Waals surface area contributed by atoms with Gasteiger partial charge in [0.1, 0.15) is 5.82 Å². The van der Waals surface area contributed by atoms with Crippen molar-refractivity contribution in [3.05, 3.63) is 23.9 Å². The van der Waals surface area contributed by atoms with Crippen molar-refractivity contribution < 1.29 is 9.53 Å². The second-order valence-electron chi connectivity index (χ2n) is 3.28. The summed E-state index contributed by atoms with van der Waals surface area (Å²) in [5.74, 6) is 0.307. The van der Waals surface area contributed by atoms with E-state index in [-0.39, 0.29) is 12.0 Å². The van der Waals surface area contributed by atoms with Crippen LogP contribution in [0.2, 0.25) is 0 Å². The van der Waals surface area contributed by atoms with Crippen LogP contribution in [0.15, 0.2) is 18.3 Å². The van der Waals surface area contributed by atoms with Crippen LogP contribution in [0.1, 0.15) is 17.3 Å². The summed E-state index contributed by atoms with van der Waals surface area (Å²) in [6.45, 7) is 2.54. The Labute approximate surface area is 88.6 Å². The van der Waals surface area contributed by atoms with E-state index >= 15 is 0 Å². The Morgan fingerprint density at radius 1 is 1.67 bits per heavy atom. The summed E-state index contributed by atoms with van der Waals surface area (Å²) in [6, 6.07) is 3.43. The Morgan fingerprint density at radius 3 is 2.87 bits per heavy atom. The highest BCUT2D eigenvalue weighted by Crippen LogP contribution is 2.05. The number of nitrogens with two attached hydrogens (primary N) is 1. The first-order valence-corrected chi connectivity index (χ1v) is 4.67. The minimum Gasteiger partial charge on any atom is -0.465 e. The van der Waals surface area contributed by atoms with Gasteiger partial charge in [-0.25, -0.2) is 9.78 Å². The lowest BCUT2D eigenvalue weighted by atomic mass is 10.3. The summed E-state index contributed by atoms with van der Waals surface area (Å²) >= 11 is 0. The number of carbonyl (C=O) groups excluding carboxylic acids is 1. The number of methoxy groups -OCH3 is 1. The van der Waals surface area contributed by atoms with Crippen LogP contribution in [-0.2, 0) is 4.74 Å². The van der Waals surface area contributed by atoms with Crippen LogP contribution in [0.5, 0.6) is 0 Å². The molecule has 0 fully saturated rings. The summed E-state index contributed by atoms with van der Waals surface area (Å²) in [4.78, 5) is 15.1. The molecule has 0 aliphatic heterocycles. The van der Waals surface area contributed by atoms with Gasteiger partial charge in [-0.3, -0.25) is 0 Å². The number of aromatic nitrogens is 1. The van der Waals surface area contributed by atoms with E-state index in [1.165, 1.54) is 13.3 Å². The fraction of sp³-hybridized carbons (Fsp3) is 0.400. The van der Waals surface area contributed by atoms with Gasteiger partial charge < -0.3 is 15.8 Å². The van der Waals surface area contributed by atoms with Crippen molar-refractivity contribution in [2.45, 2.75) is 13.0 Å². The number of hydrogen-bond donors (Lipinski definition) is 2. The van der Waals surface area contributed by atoms with Gasteiger partial charge in [-0.2, -0.15) is 0 Å².